The molecule has 2 nitrogen and oxygen atoms in total. The van der Waals surface area contributed by atoms with Crippen molar-refractivity contribution >= 4 is 0 Å². The molecule has 0 saturated carbocycles. The first-order valence-electron chi connectivity index (χ1n) is 3.35. The van der Waals surface area contributed by atoms with Gasteiger partial charge in [-0.15, -0.1) is 6.42 Å². The fourth-order valence-corrected chi connectivity index (χ4v) is 0.462. The van der Waals surface area contributed by atoms with E-state index in [0.29, 0.717) is 6.54 Å². The zero-order chi connectivity index (χ0) is 8.20. The molecule has 58 valence electrons. The van der Waals surface area contributed by atoms with Crippen LogP contribution >= 0.6 is 0 Å². The Morgan fingerprint density at radius 3 is 2.40 bits per heavy atom. The van der Waals surface area contributed by atoms with Gasteiger partial charge in [0.1, 0.15) is 6.10 Å². The quantitative estimate of drug-likeness (QED) is 0.544. The minimum Gasteiger partial charge on any atom is -0.379 e. The molecule has 0 aliphatic rings. The van der Waals surface area contributed by atoms with E-state index in [-0.39, 0.29) is 5.54 Å². The van der Waals surface area contributed by atoms with Gasteiger partial charge >= 0.3 is 0 Å². The van der Waals surface area contributed by atoms with Gasteiger partial charge < -0.3 is 10.4 Å². The number of hydrogen-bond donors (Lipinski definition) is 2. The fourth-order valence-electron chi connectivity index (χ4n) is 0.462. The highest BCUT2D eigenvalue weighted by atomic mass is 16.3. The molecule has 0 rings (SSSR count). The standard InChI is InChI=1S/C8H15NO/c1-5-7(10)6-9-8(2,3)4/h1,7,9-10H,6H2,2-4H3. The van der Waals surface area contributed by atoms with E-state index in [0.717, 1.165) is 0 Å². The van der Waals surface area contributed by atoms with Crippen molar-refractivity contribution in [3.63, 3.8) is 0 Å². The molecule has 0 saturated heterocycles. The van der Waals surface area contributed by atoms with Crippen molar-refractivity contribution in [2.75, 3.05) is 6.54 Å². The fraction of sp³-hybridized carbons (Fsp3) is 0.750. The largest absolute Gasteiger partial charge is 0.379 e. The molecule has 0 aliphatic heterocycles. The molecule has 0 aromatic heterocycles. The lowest BCUT2D eigenvalue weighted by Crippen LogP contribution is -2.40. The van der Waals surface area contributed by atoms with E-state index in [1.807, 2.05) is 20.8 Å². The summed E-state index contributed by atoms with van der Waals surface area (Å²) in [5, 5.41) is 12.0. The molecule has 1 unspecified atom stereocenters. The van der Waals surface area contributed by atoms with Crippen molar-refractivity contribution in [2.45, 2.75) is 32.4 Å². The summed E-state index contributed by atoms with van der Waals surface area (Å²) in [4.78, 5) is 0. The topological polar surface area (TPSA) is 32.3 Å². The molecule has 0 aliphatic carbocycles. The number of β-amino-alcohol motifs (C(OH)–C–C–N with tert-alkyl or cyclic N) is 1. The summed E-state index contributed by atoms with van der Waals surface area (Å²) in [6, 6.07) is 0. The first-order chi connectivity index (χ1) is 4.45. The van der Waals surface area contributed by atoms with E-state index in [1.165, 1.54) is 0 Å². The molecule has 10 heavy (non-hydrogen) atoms. The Kier molecular flexibility index (Phi) is 3.41. The lowest BCUT2D eigenvalue weighted by atomic mass is 10.1. The molecule has 0 amide bonds. The molecule has 0 heterocycles. The van der Waals surface area contributed by atoms with Gasteiger partial charge in [-0.05, 0) is 20.8 Å². The number of nitrogens with one attached hydrogen (secondary N) is 1. The van der Waals surface area contributed by atoms with Gasteiger partial charge in [-0.1, -0.05) is 5.92 Å². The van der Waals surface area contributed by atoms with Gasteiger partial charge in [-0.2, -0.15) is 0 Å². The van der Waals surface area contributed by atoms with Crippen LogP contribution in [0.2, 0.25) is 0 Å². The van der Waals surface area contributed by atoms with Crippen LogP contribution in [0.4, 0.5) is 0 Å². The van der Waals surface area contributed by atoms with Gasteiger partial charge in [0.05, 0.1) is 0 Å². The lowest BCUT2D eigenvalue weighted by Gasteiger charge is -2.20. The van der Waals surface area contributed by atoms with E-state index in [9.17, 15) is 0 Å². The minimum absolute atomic E-state index is 0.0256. The predicted molar refractivity (Wildman–Crippen MR) is 42.6 cm³/mol. The van der Waals surface area contributed by atoms with E-state index in [1.54, 1.807) is 0 Å². The maximum absolute atomic E-state index is 8.92. The molecule has 0 radical (unpaired) electrons. The van der Waals surface area contributed by atoms with Crippen LogP contribution in [-0.2, 0) is 0 Å². The van der Waals surface area contributed by atoms with Crippen LogP contribution < -0.4 is 5.32 Å². The highest BCUT2D eigenvalue weighted by molar-refractivity contribution is 4.95. The summed E-state index contributed by atoms with van der Waals surface area (Å²) in [5.74, 6) is 2.23. The van der Waals surface area contributed by atoms with E-state index in [4.69, 9.17) is 11.5 Å². The van der Waals surface area contributed by atoms with Crippen molar-refractivity contribution < 1.29 is 5.11 Å². The number of rotatable bonds is 2. The first-order valence-corrected chi connectivity index (χ1v) is 3.35. The molecule has 2 heteroatoms. The van der Waals surface area contributed by atoms with Crippen molar-refractivity contribution in [1.82, 2.24) is 5.32 Å². The van der Waals surface area contributed by atoms with Crippen LogP contribution in [0, 0.1) is 12.3 Å². The summed E-state index contributed by atoms with van der Waals surface area (Å²) in [6.45, 7) is 6.53. The van der Waals surface area contributed by atoms with Crippen LogP contribution in [0.5, 0.6) is 0 Å². The molecular weight excluding hydrogens is 126 g/mol. The van der Waals surface area contributed by atoms with Gasteiger partial charge in [0.25, 0.3) is 0 Å². The number of aliphatic hydroxyl groups excluding tert-OH is 1. The summed E-state index contributed by atoms with van der Waals surface area (Å²) in [7, 11) is 0. The summed E-state index contributed by atoms with van der Waals surface area (Å²) >= 11 is 0. The summed E-state index contributed by atoms with van der Waals surface area (Å²) in [6.07, 6.45) is 4.29. The van der Waals surface area contributed by atoms with Gasteiger partial charge in [0, 0.05) is 12.1 Å². The maximum atomic E-state index is 8.92. The van der Waals surface area contributed by atoms with Gasteiger partial charge in [-0.25, -0.2) is 0 Å². The van der Waals surface area contributed by atoms with Gasteiger partial charge in [0.15, 0.2) is 0 Å². The third-order valence-corrected chi connectivity index (χ3v) is 1.02. The monoisotopic (exact) mass is 141 g/mol. The minimum atomic E-state index is -0.667. The van der Waals surface area contributed by atoms with Gasteiger partial charge in [0.2, 0.25) is 0 Å². The molecule has 0 aromatic carbocycles. The van der Waals surface area contributed by atoms with Crippen LogP contribution in [0.25, 0.3) is 0 Å². The third-order valence-electron chi connectivity index (χ3n) is 1.02. The van der Waals surface area contributed by atoms with Crippen molar-refractivity contribution in [3.05, 3.63) is 0 Å². The van der Waals surface area contributed by atoms with Crippen LogP contribution in [0.1, 0.15) is 20.8 Å². The average Bonchev–Trinajstić information content (AvgIpc) is 1.81. The van der Waals surface area contributed by atoms with Crippen molar-refractivity contribution in [2.24, 2.45) is 0 Å². The Labute approximate surface area is 62.6 Å². The van der Waals surface area contributed by atoms with E-state index >= 15 is 0 Å². The second kappa shape index (κ2) is 3.60. The zero-order valence-corrected chi connectivity index (χ0v) is 6.81. The van der Waals surface area contributed by atoms with E-state index < -0.39 is 6.10 Å². The Morgan fingerprint density at radius 1 is 1.60 bits per heavy atom. The van der Waals surface area contributed by atoms with E-state index in [2.05, 4.69) is 11.2 Å². The molecule has 0 spiro atoms. The van der Waals surface area contributed by atoms with Gasteiger partial charge in [-0.3, -0.25) is 0 Å². The molecule has 0 fully saturated rings. The average molecular weight is 141 g/mol. The molecule has 1 atom stereocenters. The Balaban J connectivity index is 3.48. The molecule has 0 bridgehead atoms. The second-order valence-electron chi connectivity index (χ2n) is 3.31. The maximum Gasteiger partial charge on any atom is 0.126 e. The van der Waals surface area contributed by atoms with Crippen LogP contribution in [0.15, 0.2) is 0 Å². The van der Waals surface area contributed by atoms with Crippen molar-refractivity contribution in [1.29, 1.82) is 0 Å². The number of aliphatic hydroxyl groups is 1. The lowest BCUT2D eigenvalue weighted by molar-refractivity contribution is 0.213. The smallest absolute Gasteiger partial charge is 0.126 e. The highest BCUT2D eigenvalue weighted by Crippen LogP contribution is 1.97. The zero-order valence-electron chi connectivity index (χ0n) is 6.81. The summed E-state index contributed by atoms with van der Waals surface area (Å²) < 4.78 is 0. The SMILES string of the molecule is C#CC(O)CNC(C)(C)C. The van der Waals surface area contributed by atoms with Crippen LogP contribution in [0.3, 0.4) is 0 Å². The Bertz CT molecular complexity index is 129. The molecule has 0 aromatic rings. The molecule has 2 N–H and O–H groups in total. The summed E-state index contributed by atoms with van der Waals surface area (Å²) in [5.41, 5.74) is 0.0256. The Hall–Kier alpha value is -0.520. The first kappa shape index (κ1) is 9.48. The number of terminal acetylenes is 1. The Morgan fingerprint density at radius 2 is 2.10 bits per heavy atom. The normalized spacial score (nSPS) is 14.3. The van der Waals surface area contributed by atoms with Crippen molar-refractivity contribution in [3.8, 4) is 12.3 Å². The predicted octanol–water partition coefficient (Wildman–Crippen LogP) is 0.369. The third kappa shape index (κ3) is 5.61. The number of hydrogen-bond acceptors (Lipinski definition) is 2. The molecular formula is C8H15NO. The second-order valence-corrected chi connectivity index (χ2v) is 3.31. The van der Waals surface area contributed by atoms with Crippen LogP contribution in [-0.4, -0.2) is 23.3 Å². The highest BCUT2D eigenvalue weighted by Gasteiger charge is 2.09.